The molecule has 94 valence electrons. The van der Waals surface area contributed by atoms with Gasteiger partial charge < -0.3 is 9.84 Å². The summed E-state index contributed by atoms with van der Waals surface area (Å²) in [7, 11) is 1.57. The molecule has 4 nitrogen and oxygen atoms in total. The van der Waals surface area contributed by atoms with Crippen LogP contribution < -0.4 is 0 Å². The third kappa shape index (κ3) is 2.55. The van der Waals surface area contributed by atoms with Crippen LogP contribution in [0.3, 0.4) is 0 Å². The summed E-state index contributed by atoms with van der Waals surface area (Å²) in [4.78, 5) is 13.6. The highest BCUT2D eigenvalue weighted by Crippen LogP contribution is 2.25. The number of ether oxygens (including phenoxy) is 1. The van der Waals surface area contributed by atoms with Gasteiger partial charge in [0.1, 0.15) is 5.54 Å². The summed E-state index contributed by atoms with van der Waals surface area (Å²) in [6.45, 7) is 5.32. The van der Waals surface area contributed by atoms with Crippen LogP contribution in [0, 0.1) is 0 Å². The fourth-order valence-corrected chi connectivity index (χ4v) is 2.33. The third-order valence-corrected chi connectivity index (χ3v) is 3.84. The van der Waals surface area contributed by atoms with E-state index in [1.165, 1.54) is 12.8 Å². The summed E-state index contributed by atoms with van der Waals surface area (Å²) in [6, 6.07) is 0. The molecule has 2 atom stereocenters. The molecule has 2 unspecified atom stereocenters. The first-order valence-corrected chi connectivity index (χ1v) is 6.04. The Labute approximate surface area is 97.6 Å². The second-order valence-corrected chi connectivity index (χ2v) is 4.73. The average Bonchev–Trinajstić information content (AvgIpc) is 2.55. The second-order valence-electron chi connectivity index (χ2n) is 4.73. The van der Waals surface area contributed by atoms with Crippen LogP contribution in [0.25, 0.3) is 0 Å². The van der Waals surface area contributed by atoms with Gasteiger partial charge in [0.05, 0.1) is 6.10 Å². The summed E-state index contributed by atoms with van der Waals surface area (Å²) >= 11 is 0. The van der Waals surface area contributed by atoms with E-state index >= 15 is 0 Å². The molecule has 0 aromatic heterocycles. The van der Waals surface area contributed by atoms with Gasteiger partial charge in [0.15, 0.2) is 0 Å². The Morgan fingerprint density at radius 2 is 1.81 bits per heavy atom. The highest BCUT2D eigenvalue weighted by Gasteiger charge is 2.44. The third-order valence-electron chi connectivity index (χ3n) is 3.84. The Balaban J connectivity index is 2.86. The quantitative estimate of drug-likeness (QED) is 0.797. The predicted molar refractivity (Wildman–Crippen MR) is 62.6 cm³/mol. The van der Waals surface area contributed by atoms with E-state index in [2.05, 4.69) is 4.90 Å². The van der Waals surface area contributed by atoms with Crippen molar-refractivity contribution >= 4 is 5.97 Å². The maximum atomic E-state index is 11.5. The van der Waals surface area contributed by atoms with E-state index in [1.807, 2.05) is 6.92 Å². The van der Waals surface area contributed by atoms with Gasteiger partial charge in [0.25, 0.3) is 0 Å². The second kappa shape index (κ2) is 5.64. The lowest BCUT2D eigenvalue weighted by molar-refractivity contribution is -0.160. The molecule has 0 spiro atoms. The molecule has 0 amide bonds. The molecule has 16 heavy (non-hydrogen) atoms. The van der Waals surface area contributed by atoms with Crippen molar-refractivity contribution in [2.45, 2.75) is 51.2 Å². The van der Waals surface area contributed by atoms with Crippen molar-refractivity contribution in [1.82, 2.24) is 4.90 Å². The molecule has 1 aliphatic rings. The van der Waals surface area contributed by atoms with Gasteiger partial charge in [-0.05, 0) is 39.8 Å². The minimum atomic E-state index is -0.904. The zero-order valence-electron chi connectivity index (χ0n) is 10.5. The van der Waals surface area contributed by atoms with Gasteiger partial charge in [0.2, 0.25) is 0 Å². The molecule has 0 saturated carbocycles. The topological polar surface area (TPSA) is 49.8 Å². The lowest BCUT2D eigenvalue weighted by Crippen LogP contribution is -2.59. The highest BCUT2D eigenvalue weighted by molar-refractivity contribution is 5.79. The molecule has 1 aliphatic heterocycles. The summed E-state index contributed by atoms with van der Waals surface area (Å²) in [5, 5.41) is 9.46. The number of hydrogen-bond acceptors (Lipinski definition) is 3. The summed E-state index contributed by atoms with van der Waals surface area (Å²) in [5.74, 6) is -0.788. The number of rotatable bonds is 4. The number of aliphatic carboxylic acids is 1. The van der Waals surface area contributed by atoms with Gasteiger partial charge in [-0.15, -0.1) is 0 Å². The van der Waals surface area contributed by atoms with Crippen LogP contribution in [0.5, 0.6) is 0 Å². The van der Waals surface area contributed by atoms with E-state index in [0.717, 1.165) is 25.9 Å². The largest absolute Gasteiger partial charge is 0.480 e. The van der Waals surface area contributed by atoms with Crippen LogP contribution in [0.15, 0.2) is 0 Å². The monoisotopic (exact) mass is 229 g/mol. The standard InChI is InChI=1S/C12H23NO3/c1-10(16-3)12(2,11(14)15)13-8-6-4-5-7-9-13/h10H,4-9H2,1-3H3,(H,14,15). The van der Waals surface area contributed by atoms with E-state index in [9.17, 15) is 9.90 Å². The number of nitrogens with zero attached hydrogens (tertiary/aromatic N) is 1. The molecule has 0 bridgehead atoms. The van der Waals surface area contributed by atoms with Gasteiger partial charge in [-0.25, -0.2) is 0 Å². The molecular formula is C12H23NO3. The van der Waals surface area contributed by atoms with Crippen LogP contribution in [0.1, 0.15) is 39.5 Å². The van der Waals surface area contributed by atoms with E-state index in [1.54, 1.807) is 14.0 Å². The lowest BCUT2D eigenvalue weighted by atomic mass is 9.93. The number of carbonyl (C=O) groups is 1. The maximum absolute atomic E-state index is 11.5. The first kappa shape index (κ1) is 13.5. The van der Waals surface area contributed by atoms with Crippen LogP contribution in [-0.4, -0.2) is 47.8 Å². The van der Waals surface area contributed by atoms with Crippen molar-refractivity contribution in [2.24, 2.45) is 0 Å². The Kier molecular flexibility index (Phi) is 4.74. The molecule has 4 heteroatoms. The van der Waals surface area contributed by atoms with Crippen molar-refractivity contribution in [3.63, 3.8) is 0 Å². The zero-order valence-corrected chi connectivity index (χ0v) is 10.5. The summed E-state index contributed by atoms with van der Waals surface area (Å²) < 4.78 is 5.25. The molecule has 1 fully saturated rings. The molecule has 1 N–H and O–H groups in total. The number of likely N-dealkylation sites (tertiary alicyclic amines) is 1. The average molecular weight is 229 g/mol. The van der Waals surface area contributed by atoms with Crippen molar-refractivity contribution < 1.29 is 14.6 Å². The Morgan fingerprint density at radius 1 is 1.31 bits per heavy atom. The molecule has 0 radical (unpaired) electrons. The summed E-state index contributed by atoms with van der Waals surface area (Å²) in [5.41, 5.74) is -0.904. The van der Waals surface area contributed by atoms with E-state index < -0.39 is 11.5 Å². The first-order chi connectivity index (χ1) is 7.53. The Hall–Kier alpha value is -0.610. The van der Waals surface area contributed by atoms with Gasteiger partial charge in [0, 0.05) is 7.11 Å². The van der Waals surface area contributed by atoms with Gasteiger partial charge in [-0.1, -0.05) is 12.8 Å². The van der Waals surface area contributed by atoms with E-state index in [4.69, 9.17) is 4.74 Å². The Bertz CT molecular complexity index is 236. The minimum absolute atomic E-state index is 0.303. The smallest absolute Gasteiger partial charge is 0.326 e. The molecule has 1 saturated heterocycles. The summed E-state index contributed by atoms with van der Waals surface area (Å²) in [6.07, 6.45) is 4.27. The lowest BCUT2D eigenvalue weighted by Gasteiger charge is -2.40. The highest BCUT2D eigenvalue weighted by atomic mass is 16.5. The van der Waals surface area contributed by atoms with Gasteiger partial charge in [-0.2, -0.15) is 0 Å². The van der Waals surface area contributed by atoms with Crippen molar-refractivity contribution in [2.75, 3.05) is 20.2 Å². The number of methoxy groups -OCH3 is 1. The fourth-order valence-electron chi connectivity index (χ4n) is 2.33. The zero-order chi connectivity index (χ0) is 12.2. The number of carboxylic acids is 1. The number of hydrogen-bond donors (Lipinski definition) is 1. The van der Waals surface area contributed by atoms with Crippen LogP contribution in [0.4, 0.5) is 0 Å². The van der Waals surface area contributed by atoms with Gasteiger partial charge >= 0.3 is 5.97 Å². The van der Waals surface area contributed by atoms with Gasteiger partial charge in [-0.3, -0.25) is 9.69 Å². The molecule has 0 aromatic carbocycles. The fraction of sp³-hybridized carbons (Fsp3) is 0.917. The molecular weight excluding hydrogens is 206 g/mol. The van der Waals surface area contributed by atoms with Crippen molar-refractivity contribution in [3.8, 4) is 0 Å². The van der Waals surface area contributed by atoms with Crippen molar-refractivity contribution in [1.29, 1.82) is 0 Å². The predicted octanol–water partition coefficient (Wildman–Crippen LogP) is 1.74. The molecule has 1 heterocycles. The molecule has 0 aliphatic carbocycles. The SMILES string of the molecule is COC(C)C(C)(C(=O)O)N1CCCCCC1. The van der Waals surface area contributed by atoms with Crippen LogP contribution >= 0.6 is 0 Å². The first-order valence-electron chi connectivity index (χ1n) is 6.04. The van der Waals surface area contributed by atoms with E-state index in [0.29, 0.717) is 0 Å². The molecule has 0 aromatic rings. The van der Waals surface area contributed by atoms with Crippen molar-refractivity contribution in [3.05, 3.63) is 0 Å². The molecule has 1 rings (SSSR count). The normalized spacial score (nSPS) is 24.4. The van der Waals surface area contributed by atoms with Crippen LogP contribution in [0.2, 0.25) is 0 Å². The maximum Gasteiger partial charge on any atom is 0.326 e. The van der Waals surface area contributed by atoms with Crippen LogP contribution in [-0.2, 0) is 9.53 Å². The van der Waals surface area contributed by atoms with E-state index in [-0.39, 0.29) is 6.10 Å². The minimum Gasteiger partial charge on any atom is -0.480 e. The Morgan fingerprint density at radius 3 is 2.19 bits per heavy atom. The number of carboxylic acid groups (broad SMARTS) is 1.